The molecule has 0 aliphatic rings. The number of para-hydroxylation sites is 1. The van der Waals surface area contributed by atoms with Gasteiger partial charge in [-0.05, 0) is 61.9 Å². The summed E-state index contributed by atoms with van der Waals surface area (Å²) in [7, 11) is 0. The summed E-state index contributed by atoms with van der Waals surface area (Å²) in [5.74, 6) is 0. The second-order valence-corrected chi connectivity index (χ2v) is 6.29. The van der Waals surface area contributed by atoms with E-state index >= 15 is 0 Å². The molecule has 3 aromatic rings. The molecule has 0 atom stereocenters. The molecule has 0 spiro atoms. The van der Waals surface area contributed by atoms with Crippen LogP contribution < -0.4 is 10.9 Å². The minimum absolute atomic E-state index is 0.0248. The van der Waals surface area contributed by atoms with Gasteiger partial charge >= 0.3 is 0 Å². The Balaban J connectivity index is 1.97. The van der Waals surface area contributed by atoms with E-state index in [4.69, 9.17) is 0 Å². The van der Waals surface area contributed by atoms with Crippen LogP contribution in [0.4, 0.5) is 5.69 Å². The summed E-state index contributed by atoms with van der Waals surface area (Å²) in [5, 5.41) is 4.50. The summed E-state index contributed by atoms with van der Waals surface area (Å²) < 4.78 is 0. The number of rotatable bonds is 3. The first-order chi connectivity index (χ1) is 11.0. The Kier molecular flexibility index (Phi) is 3.95. The summed E-state index contributed by atoms with van der Waals surface area (Å²) in [4.78, 5) is 15.4. The average Bonchev–Trinajstić information content (AvgIpc) is 2.48. The highest BCUT2D eigenvalue weighted by molar-refractivity contribution is 5.82. The molecule has 0 saturated heterocycles. The van der Waals surface area contributed by atoms with Gasteiger partial charge in [-0.15, -0.1) is 0 Å². The smallest absolute Gasteiger partial charge is 0.253 e. The van der Waals surface area contributed by atoms with Gasteiger partial charge in [0.05, 0.1) is 5.52 Å². The maximum absolute atomic E-state index is 12.4. The molecule has 1 aromatic heterocycles. The van der Waals surface area contributed by atoms with Crippen molar-refractivity contribution in [1.82, 2.24) is 4.98 Å². The van der Waals surface area contributed by atoms with E-state index in [2.05, 4.69) is 55.3 Å². The third kappa shape index (κ3) is 3.00. The van der Waals surface area contributed by atoms with E-state index in [-0.39, 0.29) is 5.56 Å². The first-order valence-electron chi connectivity index (χ1n) is 7.89. The van der Waals surface area contributed by atoms with Crippen LogP contribution in [0.3, 0.4) is 0 Å². The SMILES string of the molecule is Cc1cc(C)c2[nH]c(=O)c(CNc3c(C)cccc3C)cc2c1. The van der Waals surface area contributed by atoms with Gasteiger partial charge in [0.25, 0.3) is 5.56 Å². The predicted molar refractivity (Wildman–Crippen MR) is 97.3 cm³/mol. The number of nitrogens with one attached hydrogen (secondary N) is 2. The van der Waals surface area contributed by atoms with E-state index in [1.165, 1.54) is 16.7 Å². The molecular weight excluding hydrogens is 284 g/mol. The highest BCUT2D eigenvalue weighted by atomic mass is 16.1. The van der Waals surface area contributed by atoms with Gasteiger partial charge in [-0.3, -0.25) is 4.79 Å². The van der Waals surface area contributed by atoms with Gasteiger partial charge in [-0.1, -0.05) is 29.8 Å². The Bertz CT molecular complexity index is 918. The van der Waals surface area contributed by atoms with Crippen LogP contribution in [0, 0.1) is 27.7 Å². The number of aromatic amines is 1. The minimum atomic E-state index is -0.0248. The number of aromatic nitrogens is 1. The number of hydrogen-bond donors (Lipinski definition) is 2. The van der Waals surface area contributed by atoms with Gasteiger partial charge in [0.15, 0.2) is 0 Å². The zero-order valence-electron chi connectivity index (χ0n) is 14.1. The lowest BCUT2D eigenvalue weighted by Gasteiger charge is -2.13. The molecule has 23 heavy (non-hydrogen) atoms. The average molecular weight is 306 g/mol. The van der Waals surface area contributed by atoms with Crippen molar-refractivity contribution in [1.29, 1.82) is 0 Å². The first kappa shape index (κ1) is 15.3. The highest BCUT2D eigenvalue weighted by Crippen LogP contribution is 2.21. The lowest BCUT2D eigenvalue weighted by Crippen LogP contribution is -2.16. The summed E-state index contributed by atoms with van der Waals surface area (Å²) in [6, 6.07) is 12.4. The van der Waals surface area contributed by atoms with Crippen LogP contribution in [0.5, 0.6) is 0 Å². The molecule has 0 aliphatic carbocycles. The lowest BCUT2D eigenvalue weighted by atomic mass is 10.0. The van der Waals surface area contributed by atoms with Gasteiger partial charge in [-0.25, -0.2) is 0 Å². The van der Waals surface area contributed by atoms with Crippen molar-refractivity contribution >= 4 is 16.6 Å². The number of aryl methyl sites for hydroxylation is 4. The van der Waals surface area contributed by atoms with Crippen molar-refractivity contribution < 1.29 is 0 Å². The number of fused-ring (bicyclic) bond motifs is 1. The van der Waals surface area contributed by atoms with Crippen molar-refractivity contribution in [3.05, 3.63) is 74.6 Å². The zero-order valence-corrected chi connectivity index (χ0v) is 14.1. The molecule has 2 aromatic carbocycles. The maximum Gasteiger partial charge on any atom is 0.253 e. The molecular formula is C20H22N2O. The number of H-pyrrole nitrogens is 1. The topological polar surface area (TPSA) is 44.9 Å². The number of anilines is 1. The standard InChI is InChI=1S/C20H22N2O/c1-12-8-15(4)19-16(9-12)10-17(20(23)22-19)11-21-18-13(2)6-5-7-14(18)3/h5-10,21H,11H2,1-4H3,(H,22,23). The van der Waals surface area contributed by atoms with Gasteiger partial charge in [0.1, 0.15) is 0 Å². The van der Waals surface area contributed by atoms with Crippen LogP contribution in [0.25, 0.3) is 10.9 Å². The van der Waals surface area contributed by atoms with Crippen LogP contribution in [0.15, 0.2) is 41.2 Å². The van der Waals surface area contributed by atoms with Crippen LogP contribution in [0.1, 0.15) is 27.8 Å². The van der Waals surface area contributed by atoms with Crippen molar-refractivity contribution in [3.63, 3.8) is 0 Å². The van der Waals surface area contributed by atoms with E-state index < -0.39 is 0 Å². The zero-order chi connectivity index (χ0) is 16.6. The van der Waals surface area contributed by atoms with Crippen LogP contribution in [-0.2, 0) is 6.54 Å². The van der Waals surface area contributed by atoms with Crippen molar-refractivity contribution in [3.8, 4) is 0 Å². The Morgan fingerprint density at radius 2 is 1.65 bits per heavy atom. The van der Waals surface area contributed by atoms with Gasteiger partial charge in [-0.2, -0.15) is 0 Å². The molecule has 3 nitrogen and oxygen atoms in total. The van der Waals surface area contributed by atoms with Crippen molar-refractivity contribution in [2.24, 2.45) is 0 Å². The molecule has 118 valence electrons. The second kappa shape index (κ2) is 5.92. The molecule has 1 heterocycles. The summed E-state index contributed by atoms with van der Waals surface area (Å²) in [5.41, 5.74) is 7.45. The molecule has 2 N–H and O–H groups in total. The molecule has 0 fully saturated rings. The van der Waals surface area contributed by atoms with Crippen LogP contribution in [0.2, 0.25) is 0 Å². The summed E-state index contributed by atoms with van der Waals surface area (Å²) in [6.45, 7) is 8.77. The first-order valence-corrected chi connectivity index (χ1v) is 7.89. The highest BCUT2D eigenvalue weighted by Gasteiger charge is 2.07. The van der Waals surface area contributed by atoms with E-state index in [1.807, 2.05) is 19.1 Å². The molecule has 0 aliphatic heterocycles. The largest absolute Gasteiger partial charge is 0.380 e. The van der Waals surface area contributed by atoms with E-state index in [9.17, 15) is 4.79 Å². The fourth-order valence-corrected chi connectivity index (χ4v) is 3.14. The Morgan fingerprint density at radius 1 is 0.957 bits per heavy atom. The Labute approximate surface area is 136 Å². The maximum atomic E-state index is 12.4. The molecule has 0 unspecified atom stereocenters. The normalized spacial score (nSPS) is 11.0. The lowest BCUT2D eigenvalue weighted by molar-refractivity contribution is 1.08. The second-order valence-electron chi connectivity index (χ2n) is 6.29. The van der Waals surface area contributed by atoms with E-state index in [0.29, 0.717) is 6.54 Å². The number of benzene rings is 2. The number of pyridine rings is 1. The fourth-order valence-electron chi connectivity index (χ4n) is 3.14. The molecule has 0 bridgehead atoms. The van der Waals surface area contributed by atoms with E-state index in [1.54, 1.807) is 0 Å². The molecule has 0 saturated carbocycles. The molecule has 0 radical (unpaired) electrons. The summed E-state index contributed by atoms with van der Waals surface area (Å²) in [6.07, 6.45) is 0. The van der Waals surface area contributed by atoms with Crippen molar-refractivity contribution in [2.75, 3.05) is 5.32 Å². The Hall–Kier alpha value is -2.55. The summed E-state index contributed by atoms with van der Waals surface area (Å²) >= 11 is 0. The minimum Gasteiger partial charge on any atom is -0.380 e. The Morgan fingerprint density at radius 3 is 2.35 bits per heavy atom. The third-order valence-electron chi connectivity index (χ3n) is 4.31. The van der Waals surface area contributed by atoms with E-state index in [0.717, 1.165) is 27.7 Å². The molecule has 0 amide bonds. The van der Waals surface area contributed by atoms with Crippen LogP contribution in [-0.4, -0.2) is 4.98 Å². The predicted octanol–water partition coefficient (Wildman–Crippen LogP) is 4.37. The fraction of sp³-hybridized carbons (Fsp3) is 0.250. The monoisotopic (exact) mass is 306 g/mol. The third-order valence-corrected chi connectivity index (χ3v) is 4.31. The number of hydrogen-bond acceptors (Lipinski definition) is 2. The van der Waals surface area contributed by atoms with Gasteiger partial charge in [0.2, 0.25) is 0 Å². The van der Waals surface area contributed by atoms with Gasteiger partial charge in [0, 0.05) is 17.8 Å². The van der Waals surface area contributed by atoms with Gasteiger partial charge < -0.3 is 10.3 Å². The quantitative estimate of drug-likeness (QED) is 0.754. The van der Waals surface area contributed by atoms with Crippen molar-refractivity contribution in [2.45, 2.75) is 34.2 Å². The molecule has 3 heteroatoms. The van der Waals surface area contributed by atoms with Crippen LogP contribution >= 0.6 is 0 Å². The molecule has 3 rings (SSSR count).